The van der Waals surface area contributed by atoms with Crippen LogP contribution in [0.15, 0.2) is 82.7 Å². The van der Waals surface area contributed by atoms with Crippen LogP contribution in [0.3, 0.4) is 0 Å². The van der Waals surface area contributed by atoms with Crippen molar-refractivity contribution < 1.29 is 23.8 Å². The van der Waals surface area contributed by atoms with Crippen LogP contribution in [0, 0.1) is 5.82 Å². The quantitative estimate of drug-likeness (QED) is 0.501. The Hall–Kier alpha value is -3.91. The fraction of sp³-hybridized carbons (Fsp3) is 0.0800. The highest BCUT2D eigenvalue weighted by atomic mass is 32.2. The molecule has 1 N–H and O–H groups in total. The van der Waals surface area contributed by atoms with Crippen LogP contribution in [-0.4, -0.2) is 34.1 Å². The highest BCUT2D eigenvalue weighted by molar-refractivity contribution is 8.18. The summed E-state index contributed by atoms with van der Waals surface area (Å²) in [5.74, 6) is -1.05. The van der Waals surface area contributed by atoms with Crippen LogP contribution in [0.2, 0.25) is 0 Å². The molecule has 0 spiro atoms. The lowest BCUT2D eigenvalue weighted by atomic mass is 10.1. The number of ether oxygens (including phenoxy) is 1. The van der Waals surface area contributed by atoms with Gasteiger partial charge in [-0.25, -0.2) is 14.2 Å². The fourth-order valence-electron chi connectivity index (χ4n) is 3.08. The van der Waals surface area contributed by atoms with Gasteiger partial charge in [0.05, 0.1) is 16.2 Å². The van der Waals surface area contributed by atoms with E-state index in [2.05, 4.69) is 4.99 Å². The third kappa shape index (κ3) is 5.12. The summed E-state index contributed by atoms with van der Waals surface area (Å²) in [5.41, 5.74) is 1.83. The SMILES string of the molecule is CN1C(=O)C(=Cc2ccccc2OCc2ccccc2F)SC1=Nc1ccc(C(=O)O)cc1. The average molecular weight is 463 g/mol. The standard InChI is InChI=1S/C25H19FN2O4S/c1-28-23(29)22(33-25(28)27-19-12-10-16(11-13-19)24(30)31)14-17-6-3-5-9-21(17)32-15-18-7-2-4-8-20(18)26/h2-14H,15H2,1H3,(H,30,31). The molecule has 1 fully saturated rings. The number of hydrogen-bond acceptors (Lipinski definition) is 5. The summed E-state index contributed by atoms with van der Waals surface area (Å²) in [6.07, 6.45) is 1.72. The Kier molecular flexibility index (Phi) is 6.55. The van der Waals surface area contributed by atoms with E-state index >= 15 is 0 Å². The Morgan fingerprint density at radius 1 is 1.09 bits per heavy atom. The molecular weight excluding hydrogens is 443 g/mol. The van der Waals surface area contributed by atoms with E-state index in [4.69, 9.17) is 9.84 Å². The van der Waals surface area contributed by atoms with E-state index in [-0.39, 0.29) is 23.9 Å². The number of benzene rings is 3. The number of aromatic carboxylic acids is 1. The molecular formula is C25H19FN2O4S. The maximum atomic E-state index is 13.9. The Bertz CT molecular complexity index is 1270. The topological polar surface area (TPSA) is 79.2 Å². The second-order valence-electron chi connectivity index (χ2n) is 7.14. The van der Waals surface area contributed by atoms with Crippen molar-refractivity contribution in [3.05, 3.63) is 100 Å². The number of nitrogens with zero attached hydrogens (tertiary/aromatic N) is 2. The van der Waals surface area contributed by atoms with Gasteiger partial charge in [0, 0.05) is 18.2 Å². The molecule has 0 atom stereocenters. The monoisotopic (exact) mass is 462 g/mol. The number of aliphatic imine (C=N–C) groups is 1. The zero-order valence-electron chi connectivity index (χ0n) is 17.6. The smallest absolute Gasteiger partial charge is 0.335 e. The number of amides is 1. The summed E-state index contributed by atoms with van der Waals surface area (Å²) in [6, 6.07) is 19.7. The van der Waals surface area contributed by atoms with Gasteiger partial charge < -0.3 is 9.84 Å². The molecule has 0 bridgehead atoms. The first-order valence-electron chi connectivity index (χ1n) is 9.97. The number of halogens is 1. The minimum absolute atomic E-state index is 0.0624. The van der Waals surface area contributed by atoms with E-state index < -0.39 is 5.97 Å². The van der Waals surface area contributed by atoms with Crippen molar-refractivity contribution in [2.75, 3.05) is 7.05 Å². The first-order valence-corrected chi connectivity index (χ1v) is 10.8. The van der Waals surface area contributed by atoms with Crippen LogP contribution >= 0.6 is 11.8 Å². The van der Waals surface area contributed by atoms with Gasteiger partial charge in [-0.2, -0.15) is 0 Å². The van der Waals surface area contributed by atoms with Crippen molar-refractivity contribution in [2.45, 2.75) is 6.61 Å². The van der Waals surface area contributed by atoms with E-state index in [1.54, 1.807) is 49.5 Å². The number of carbonyl (C=O) groups is 2. The highest BCUT2D eigenvalue weighted by Crippen LogP contribution is 2.35. The molecule has 4 rings (SSSR count). The van der Waals surface area contributed by atoms with Gasteiger partial charge in [-0.15, -0.1) is 0 Å². The summed E-state index contributed by atoms with van der Waals surface area (Å²) in [6.45, 7) is 0.0624. The second-order valence-corrected chi connectivity index (χ2v) is 8.15. The average Bonchev–Trinajstić information content (AvgIpc) is 3.07. The fourth-order valence-corrected chi connectivity index (χ4v) is 4.06. The number of amidine groups is 1. The Balaban J connectivity index is 1.55. The summed E-state index contributed by atoms with van der Waals surface area (Å²) in [4.78, 5) is 30.1. The van der Waals surface area contributed by atoms with Gasteiger partial charge in [0.25, 0.3) is 5.91 Å². The number of likely N-dealkylation sites (N-methyl/N-ethyl adjacent to an activating group) is 1. The maximum Gasteiger partial charge on any atom is 0.335 e. The Morgan fingerprint density at radius 3 is 2.52 bits per heavy atom. The van der Waals surface area contributed by atoms with Crippen molar-refractivity contribution in [3.8, 4) is 5.75 Å². The number of hydrogen-bond donors (Lipinski definition) is 1. The Morgan fingerprint density at radius 2 is 1.79 bits per heavy atom. The van der Waals surface area contributed by atoms with Crippen LogP contribution < -0.4 is 4.74 Å². The van der Waals surface area contributed by atoms with Crippen molar-refractivity contribution in [3.63, 3.8) is 0 Å². The molecule has 1 aliphatic rings. The van der Waals surface area contributed by atoms with Crippen molar-refractivity contribution in [2.24, 2.45) is 4.99 Å². The molecule has 0 aromatic heterocycles. The van der Waals surface area contributed by atoms with E-state index in [1.165, 1.54) is 34.9 Å². The molecule has 0 aliphatic carbocycles. The third-order valence-corrected chi connectivity index (χ3v) is 5.95. The van der Waals surface area contributed by atoms with Crippen LogP contribution in [-0.2, 0) is 11.4 Å². The molecule has 166 valence electrons. The maximum absolute atomic E-state index is 13.9. The molecule has 1 aliphatic heterocycles. The number of rotatable bonds is 6. The zero-order chi connectivity index (χ0) is 23.4. The lowest BCUT2D eigenvalue weighted by Gasteiger charge is -2.10. The lowest BCUT2D eigenvalue weighted by molar-refractivity contribution is -0.121. The predicted octanol–water partition coefficient (Wildman–Crippen LogP) is 5.34. The van der Waals surface area contributed by atoms with Crippen LogP contribution in [0.4, 0.5) is 10.1 Å². The molecule has 0 unspecified atom stereocenters. The summed E-state index contributed by atoms with van der Waals surface area (Å²) in [7, 11) is 1.63. The first kappa shape index (κ1) is 22.3. The minimum Gasteiger partial charge on any atom is -0.488 e. The van der Waals surface area contributed by atoms with Crippen molar-refractivity contribution in [1.82, 2.24) is 4.90 Å². The van der Waals surface area contributed by atoms with Gasteiger partial charge in [0.1, 0.15) is 18.2 Å². The number of carbonyl (C=O) groups excluding carboxylic acids is 1. The van der Waals surface area contributed by atoms with E-state index in [0.717, 1.165) is 0 Å². The van der Waals surface area contributed by atoms with Gasteiger partial charge in [0.2, 0.25) is 0 Å². The van der Waals surface area contributed by atoms with Crippen molar-refractivity contribution >= 4 is 40.6 Å². The normalized spacial score (nSPS) is 15.9. The molecule has 3 aromatic rings. The minimum atomic E-state index is -1.02. The van der Waals surface area contributed by atoms with Gasteiger partial charge in [-0.05, 0) is 54.2 Å². The van der Waals surface area contributed by atoms with Crippen molar-refractivity contribution in [1.29, 1.82) is 0 Å². The van der Waals surface area contributed by atoms with Crippen LogP contribution in [0.1, 0.15) is 21.5 Å². The number of para-hydroxylation sites is 1. The summed E-state index contributed by atoms with van der Waals surface area (Å²) < 4.78 is 19.7. The molecule has 1 amide bonds. The van der Waals surface area contributed by atoms with Gasteiger partial charge in [0.15, 0.2) is 5.17 Å². The third-order valence-electron chi connectivity index (χ3n) is 4.89. The molecule has 1 heterocycles. The largest absolute Gasteiger partial charge is 0.488 e. The lowest BCUT2D eigenvalue weighted by Crippen LogP contribution is -2.23. The number of carboxylic acids is 1. The summed E-state index contributed by atoms with van der Waals surface area (Å²) >= 11 is 1.21. The molecule has 3 aromatic carbocycles. The molecule has 8 heteroatoms. The Labute approximate surface area is 194 Å². The molecule has 0 saturated carbocycles. The molecule has 33 heavy (non-hydrogen) atoms. The van der Waals surface area contributed by atoms with Gasteiger partial charge >= 0.3 is 5.97 Å². The predicted molar refractivity (Wildman–Crippen MR) is 126 cm³/mol. The molecule has 0 radical (unpaired) electrons. The highest BCUT2D eigenvalue weighted by Gasteiger charge is 2.30. The van der Waals surface area contributed by atoms with E-state index in [1.807, 2.05) is 18.2 Å². The summed E-state index contributed by atoms with van der Waals surface area (Å²) in [5, 5.41) is 9.49. The molecule has 1 saturated heterocycles. The number of thioether (sulfide) groups is 1. The van der Waals surface area contributed by atoms with Gasteiger partial charge in [-0.3, -0.25) is 9.69 Å². The van der Waals surface area contributed by atoms with Gasteiger partial charge in [-0.1, -0.05) is 36.4 Å². The number of carboxylic acid groups (broad SMARTS) is 1. The van der Waals surface area contributed by atoms with E-state index in [9.17, 15) is 14.0 Å². The van der Waals surface area contributed by atoms with Crippen LogP contribution in [0.25, 0.3) is 6.08 Å². The van der Waals surface area contributed by atoms with E-state index in [0.29, 0.717) is 32.6 Å². The first-order chi connectivity index (χ1) is 15.9. The molecule has 6 nitrogen and oxygen atoms in total. The second kappa shape index (κ2) is 9.70. The zero-order valence-corrected chi connectivity index (χ0v) is 18.4. The van der Waals surface area contributed by atoms with Crippen LogP contribution in [0.5, 0.6) is 5.75 Å².